The van der Waals surface area contributed by atoms with Gasteiger partial charge in [-0.2, -0.15) is 0 Å². The van der Waals surface area contributed by atoms with Gasteiger partial charge >= 0.3 is 5.97 Å². The highest BCUT2D eigenvalue weighted by Crippen LogP contribution is 2.11. The number of carbonyl (C=O) groups excluding carboxylic acids is 2. The standard InChI is InChI=1S/C15H29N3O4/c1-11(8-9-13(16)19)14(20)18(4)10-6-5-7-12(15(21)22)17(2)3/h11-12H,5-10H2,1-4H3,(H2,16,19)(H,21,22)/t11-,12+/m1/s1. The Bertz CT molecular complexity index is 385. The van der Waals surface area contributed by atoms with E-state index in [1.54, 1.807) is 37.9 Å². The number of rotatable bonds is 11. The lowest BCUT2D eigenvalue weighted by Gasteiger charge is -2.22. The molecule has 0 bridgehead atoms. The third-order valence-electron chi connectivity index (χ3n) is 3.75. The van der Waals surface area contributed by atoms with Crippen LogP contribution in [0.3, 0.4) is 0 Å². The van der Waals surface area contributed by atoms with Gasteiger partial charge in [0.25, 0.3) is 0 Å². The zero-order chi connectivity index (χ0) is 17.3. The van der Waals surface area contributed by atoms with Crippen molar-refractivity contribution in [3.8, 4) is 0 Å². The Morgan fingerprint density at radius 1 is 1.09 bits per heavy atom. The number of likely N-dealkylation sites (N-methyl/N-ethyl adjacent to an activating group) is 1. The van der Waals surface area contributed by atoms with Crippen molar-refractivity contribution in [2.24, 2.45) is 11.7 Å². The summed E-state index contributed by atoms with van der Waals surface area (Å²) >= 11 is 0. The monoisotopic (exact) mass is 315 g/mol. The average molecular weight is 315 g/mol. The molecule has 0 saturated carbocycles. The predicted molar refractivity (Wildman–Crippen MR) is 84.2 cm³/mol. The normalized spacial score (nSPS) is 13.7. The molecule has 0 saturated heterocycles. The SMILES string of the molecule is C[C@H](CCC(N)=O)C(=O)N(C)CCCC[C@@H](C(=O)O)N(C)C. The molecule has 0 rings (SSSR count). The molecule has 0 aromatic carbocycles. The number of nitrogens with zero attached hydrogens (tertiary/aromatic N) is 2. The minimum Gasteiger partial charge on any atom is -0.480 e. The van der Waals surface area contributed by atoms with Gasteiger partial charge < -0.3 is 15.7 Å². The molecule has 2 atom stereocenters. The maximum Gasteiger partial charge on any atom is 0.320 e. The van der Waals surface area contributed by atoms with Gasteiger partial charge in [-0.3, -0.25) is 19.3 Å². The molecule has 7 nitrogen and oxygen atoms in total. The molecule has 0 spiro atoms. The van der Waals surface area contributed by atoms with Crippen LogP contribution in [0.5, 0.6) is 0 Å². The molecule has 0 aromatic rings. The van der Waals surface area contributed by atoms with E-state index < -0.39 is 17.9 Å². The number of hydrogen-bond acceptors (Lipinski definition) is 4. The van der Waals surface area contributed by atoms with Gasteiger partial charge in [0.1, 0.15) is 6.04 Å². The number of carboxylic acid groups (broad SMARTS) is 1. The number of amides is 2. The highest BCUT2D eigenvalue weighted by molar-refractivity contribution is 5.79. The molecule has 0 aliphatic carbocycles. The lowest BCUT2D eigenvalue weighted by Crippen LogP contribution is -2.36. The molecule has 7 heteroatoms. The average Bonchev–Trinajstić information content (AvgIpc) is 2.42. The summed E-state index contributed by atoms with van der Waals surface area (Å²) in [6.07, 6.45) is 2.72. The fourth-order valence-electron chi connectivity index (χ4n) is 2.26. The van der Waals surface area contributed by atoms with Crippen LogP contribution in [0.4, 0.5) is 0 Å². The second kappa shape index (κ2) is 10.2. The summed E-state index contributed by atoms with van der Waals surface area (Å²) < 4.78 is 0. The van der Waals surface area contributed by atoms with E-state index in [-0.39, 0.29) is 18.2 Å². The highest BCUT2D eigenvalue weighted by Gasteiger charge is 2.20. The van der Waals surface area contributed by atoms with E-state index in [0.717, 1.165) is 12.8 Å². The van der Waals surface area contributed by atoms with Crippen LogP contribution >= 0.6 is 0 Å². The van der Waals surface area contributed by atoms with Gasteiger partial charge in [-0.05, 0) is 39.8 Å². The van der Waals surface area contributed by atoms with Crippen LogP contribution in [0.25, 0.3) is 0 Å². The predicted octanol–water partition coefficient (Wildman–Crippen LogP) is 0.532. The van der Waals surface area contributed by atoms with Crippen molar-refractivity contribution in [1.29, 1.82) is 0 Å². The lowest BCUT2D eigenvalue weighted by molar-refractivity contribution is -0.142. The van der Waals surface area contributed by atoms with Gasteiger partial charge in [0.2, 0.25) is 11.8 Å². The molecule has 22 heavy (non-hydrogen) atoms. The molecular formula is C15H29N3O4. The van der Waals surface area contributed by atoms with Gasteiger partial charge in [0.05, 0.1) is 0 Å². The summed E-state index contributed by atoms with van der Waals surface area (Å²) in [6.45, 7) is 2.37. The Balaban J connectivity index is 4.07. The summed E-state index contributed by atoms with van der Waals surface area (Å²) in [6, 6.07) is -0.490. The quantitative estimate of drug-likeness (QED) is 0.541. The van der Waals surface area contributed by atoms with Crippen molar-refractivity contribution < 1.29 is 19.5 Å². The van der Waals surface area contributed by atoms with Crippen molar-refractivity contribution >= 4 is 17.8 Å². The van der Waals surface area contributed by atoms with Crippen LogP contribution < -0.4 is 5.73 Å². The van der Waals surface area contributed by atoms with E-state index in [9.17, 15) is 14.4 Å². The van der Waals surface area contributed by atoms with E-state index in [0.29, 0.717) is 19.4 Å². The van der Waals surface area contributed by atoms with Crippen molar-refractivity contribution in [1.82, 2.24) is 9.80 Å². The summed E-state index contributed by atoms with van der Waals surface area (Å²) in [7, 11) is 5.22. The molecule has 0 radical (unpaired) electrons. The van der Waals surface area contributed by atoms with Crippen molar-refractivity contribution in [2.75, 3.05) is 27.7 Å². The Morgan fingerprint density at radius 3 is 2.14 bits per heavy atom. The van der Waals surface area contributed by atoms with Gasteiger partial charge in [0, 0.05) is 25.9 Å². The number of unbranched alkanes of at least 4 members (excludes halogenated alkanes) is 1. The third kappa shape index (κ3) is 7.97. The summed E-state index contributed by atoms with van der Waals surface area (Å²) in [5, 5.41) is 9.07. The maximum absolute atomic E-state index is 12.1. The van der Waals surface area contributed by atoms with Crippen molar-refractivity contribution in [2.45, 2.75) is 45.1 Å². The van der Waals surface area contributed by atoms with Crippen LogP contribution in [-0.2, 0) is 14.4 Å². The highest BCUT2D eigenvalue weighted by atomic mass is 16.4. The number of carboxylic acids is 1. The molecule has 0 unspecified atom stereocenters. The Hall–Kier alpha value is -1.63. The molecule has 128 valence electrons. The second-order valence-corrected chi connectivity index (χ2v) is 5.98. The molecule has 0 aliphatic rings. The Labute approximate surface area is 132 Å². The Morgan fingerprint density at radius 2 is 1.68 bits per heavy atom. The van der Waals surface area contributed by atoms with Crippen LogP contribution in [0.1, 0.15) is 39.0 Å². The van der Waals surface area contributed by atoms with Crippen LogP contribution in [0.2, 0.25) is 0 Å². The number of primary amides is 1. The van der Waals surface area contributed by atoms with E-state index >= 15 is 0 Å². The third-order valence-corrected chi connectivity index (χ3v) is 3.75. The van der Waals surface area contributed by atoms with Crippen LogP contribution in [0.15, 0.2) is 0 Å². The molecule has 0 fully saturated rings. The van der Waals surface area contributed by atoms with E-state index in [2.05, 4.69) is 0 Å². The van der Waals surface area contributed by atoms with Gasteiger partial charge in [-0.1, -0.05) is 6.92 Å². The summed E-state index contributed by atoms with van der Waals surface area (Å²) in [5.74, 6) is -1.46. The summed E-state index contributed by atoms with van der Waals surface area (Å²) in [5.41, 5.74) is 5.08. The van der Waals surface area contributed by atoms with Crippen molar-refractivity contribution in [3.05, 3.63) is 0 Å². The summed E-state index contributed by atoms with van der Waals surface area (Å²) in [4.78, 5) is 37.2. The molecule has 0 aromatic heterocycles. The molecular weight excluding hydrogens is 286 g/mol. The molecule has 0 heterocycles. The topological polar surface area (TPSA) is 104 Å². The number of nitrogens with two attached hydrogens (primary N) is 1. The maximum atomic E-state index is 12.1. The number of hydrogen-bond donors (Lipinski definition) is 2. The zero-order valence-electron chi connectivity index (χ0n) is 14.0. The van der Waals surface area contributed by atoms with Crippen LogP contribution in [-0.4, -0.2) is 66.4 Å². The first-order valence-electron chi connectivity index (χ1n) is 7.59. The smallest absolute Gasteiger partial charge is 0.320 e. The molecule has 2 amide bonds. The van der Waals surface area contributed by atoms with E-state index in [4.69, 9.17) is 10.8 Å². The first-order valence-corrected chi connectivity index (χ1v) is 7.59. The Kier molecular flexibility index (Phi) is 9.40. The minimum atomic E-state index is -0.825. The minimum absolute atomic E-state index is 0.0105. The van der Waals surface area contributed by atoms with Crippen molar-refractivity contribution in [3.63, 3.8) is 0 Å². The molecule has 0 aliphatic heterocycles. The van der Waals surface area contributed by atoms with E-state index in [1.165, 1.54) is 0 Å². The van der Waals surface area contributed by atoms with Gasteiger partial charge in [-0.25, -0.2) is 0 Å². The zero-order valence-corrected chi connectivity index (χ0v) is 14.0. The number of aliphatic carboxylic acids is 1. The van der Waals surface area contributed by atoms with E-state index in [1.807, 2.05) is 0 Å². The van der Waals surface area contributed by atoms with Gasteiger partial charge in [-0.15, -0.1) is 0 Å². The lowest BCUT2D eigenvalue weighted by atomic mass is 10.0. The first-order chi connectivity index (χ1) is 10.2. The fraction of sp³-hybridized carbons (Fsp3) is 0.800. The fourth-order valence-corrected chi connectivity index (χ4v) is 2.26. The number of carbonyl (C=O) groups is 3. The second-order valence-electron chi connectivity index (χ2n) is 5.98. The first kappa shape index (κ1) is 20.4. The van der Waals surface area contributed by atoms with Gasteiger partial charge in [0.15, 0.2) is 0 Å². The van der Waals surface area contributed by atoms with Crippen LogP contribution in [0, 0.1) is 5.92 Å². The largest absolute Gasteiger partial charge is 0.480 e. The molecule has 3 N–H and O–H groups in total.